The van der Waals surface area contributed by atoms with Gasteiger partial charge >= 0.3 is 0 Å². The van der Waals surface area contributed by atoms with Crippen molar-refractivity contribution in [2.75, 3.05) is 14.2 Å². The van der Waals surface area contributed by atoms with E-state index in [9.17, 15) is 5.11 Å². The monoisotopic (exact) mass is 230 g/mol. The SMILES string of the molecule is COc1ccc(-c2cccc(O)c2)c(OC)c1. The summed E-state index contributed by atoms with van der Waals surface area (Å²) in [7, 11) is 3.23. The summed E-state index contributed by atoms with van der Waals surface area (Å²) in [5.74, 6) is 1.70. The molecule has 88 valence electrons. The van der Waals surface area contributed by atoms with Gasteiger partial charge in [-0.2, -0.15) is 0 Å². The molecule has 0 amide bonds. The lowest BCUT2D eigenvalue weighted by Gasteiger charge is -2.10. The Morgan fingerprint density at radius 2 is 1.76 bits per heavy atom. The lowest BCUT2D eigenvalue weighted by Crippen LogP contribution is -1.90. The number of hydrogen-bond donors (Lipinski definition) is 1. The topological polar surface area (TPSA) is 38.7 Å². The predicted octanol–water partition coefficient (Wildman–Crippen LogP) is 3.08. The molecule has 0 spiro atoms. The molecule has 0 saturated carbocycles. The second kappa shape index (κ2) is 4.78. The van der Waals surface area contributed by atoms with Crippen LogP contribution in [-0.2, 0) is 0 Å². The molecule has 17 heavy (non-hydrogen) atoms. The standard InChI is InChI=1S/C14H14O3/c1-16-12-6-7-13(14(9-12)17-2)10-4-3-5-11(15)8-10/h3-9,15H,1-2H3. The van der Waals surface area contributed by atoms with Crippen molar-refractivity contribution in [3.05, 3.63) is 42.5 Å². The second-order valence-electron chi connectivity index (χ2n) is 3.62. The smallest absolute Gasteiger partial charge is 0.130 e. The quantitative estimate of drug-likeness (QED) is 0.880. The largest absolute Gasteiger partial charge is 0.508 e. The van der Waals surface area contributed by atoms with Crippen LogP contribution in [0.5, 0.6) is 17.2 Å². The van der Waals surface area contributed by atoms with Gasteiger partial charge in [0.25, 0.3) is 0 Å². The minimum atomic E-state index is 0.236. The molecule has 0 aliphatic heterocycles. The molecule has 3 heteroatoms. The number of phenols is 1. The number of methoxy groups -OCH3 is 2. The van der Waals surface area contributed by atoms with Crippen molar-refractivity contribution in [2.24, 2.45) is 0 Å². The van der Waals surface area contributed by atoms with Gasteiger partial charge in [0, 0.05) is 11.6 Å². The van der Waals surface area contributed by atoms with Gasteiger partial charge < -0.3 is 14.6 Å². The third kappa shape index (κ3) is 2.33. The lowest BCUT2D eigenvalue weighted by molar-refractivity contribution is 0.395. The van der Waals surface area contributed by atoms with Crippen molar-refractivity contribution in [3.63, 3.8) is 0 Å². The van der Waals surface area contributed by atoms with Crippen molar-refractivity contribution in [2.45, 2.75) is 0 Å². The minimum absolute atomic E-state index is 0.236. The maximum absolute atomic E-state index is 9.47. The second-order valence-corrected chi connectivity index (χ2v) is 3.62. The first-order chi connectivity index (χ1) is 8.24. The summed E-state index contributed by atoms with van der Waals surface area (Å²) in [5, 5.41) is 9.47. The van der Waals surface area contributed by atoms with Gasteiger partial charge in [-0.25, -0.2) is 0 Å². The third-order valence-electron chi connectivity index (χ3n) is 2.57. The van der Waals surface area contributed by atoms with E-state index in [-0.39, 0.29) is 5.75 Å². The molecule has 0 aromatic heterocycles. The highest BCUT2D eigenvalue weighted by Crippen LogP contribution is 2.34. The molecular formula is C14H14O3. The molecule has 1 N–H and O–H groups in total. The molecule has 0 bridgehead atoms. The van der Waals surface area contributed by atoms with E-state index in [1.54, 1.807) is 32.4 Å². The molecule has 3 nitrogen and oxygen atoms in total. The number of phenolic OH excluding ortho intramolecular Hbond substituents is 1. The van der Waals surface area contributed by atoms with Gasteiger partial charge in [0.05, 0.1) is 14.2 Å². The Kier molecular flexibility index (Phi) is 3.19. The number of ether oxygens (including phenoxy) is 2. The summed E-state index contributed by atoms with van der Waals surface area (Å²) in [5.41, 5.74) is 1.83. The Hall–Kier alpha value is -2.16. The lowest BCUT2D eigenvalue weighted by atomic mass is 10.0. The normalized spacial score (nSPS) is 10.0. The molecule has 0 radical (unpaired) electrons. The van der Waals surface area contributed by atoms with Crippen molar-refractivity contribution in [1.82, 2.24) is 0 Å². The Morgan fingerprint density at radius 1 is 0.941 bits per heavy atom. The van der Waals surface area contributed by atoms with Crippen molar-refractivity contribution in [1.29, 1.82) is 0 Å². The van der Waals surface area contributed by atoms with Crippen LogP contribution in [0.4, 0.5) is 0 Å². The fourth-order valence-electron chi connectivity index (χ4n) is 1.71. The molecule has 0 fully saturated rings. The minimum Gasteiger partial charge on any atom is -0.508 e. The molecular weight excluding hydrogens is 216 g/mol. The zero-order valence-corrected chi connectivity index (χ0v) is 9.81. The van der Waals surface area contributed by atoms with Crippen LogP contribution in [0.1, 0.15) is 0 Å². The summed E-state index contributed by atoms with van der Waals surface area (Å²) in [6.45, 7) is 0. The van der Waals surface area contributed by atoms with Crippen LogP contribution < -0.4 is 9.47 Å². The van der Waals surface area contributed by atoms with E-state index in [0.717, 1.165) is 22.6 Å². The van der Waals surface area contributed by atoms with Crippen molar-refractivity contribution in [3.8, 4) is 28.4 Å². The van der Waals surface area contributed by atoms with E-state index in [4.69, 9.17) is 9.47 Å². The molecule has 0 unspecified atom stereocenters. The van der Waals surface area contributed by atoms with E-state index in [1.807, 2.05) is 24.3 Å². The maximum Gasteiger partial charge on any atom is 0.130 e. The Morgan fingerprint density at radius 3 is 2.41 bits per heavy atom. The first-order valence-corrected chi connectivity index (χ1v) is 5.26. The van der Waals surface area contributed by atoms with Gasteiger partial charge in [0.2, 0.25) is 0 Å². The zero-order chi connectivity index (χ0) is 12.3. The van der Waals surface area contributed by atoms with Crippen molar-refractivity contribution < 1.29 is 14.6 Å². The fraction of sp³-hybridized carbons (Fsp3) is 0.143. The van der Waals surface area contributed by atoms with Crippen LogP contribution in [0.25, 0.3) is 11.1 Å². The first-order valence-electron chi connectivity index (χ1n) is 5.26. The summed E-state index contributed by atoms with van der Waals surface area (Å²) >= 11 is 0. The molecule has 2 aromatic rings. The Balaban J connectivity index is 2.51. The number of benzene rings is 2. The Bertz CT molecular complexity index is 521. The van der Waals surface area contributed by atoms with E-state index < -0.39 is 0 Å². The van der Waals surface area contributed by atoms with Gasteiger partial charge in [-0.3, -0.25) is 0 Å². The Labute approximate surface area is 100 Å². The van der Waals surface area contributed by atoms with Crippen LogP contribution in [0, 0.1) is 0 Å². The summed E-state index contributed by atoms with van der Waals surface area (Å²) in [6, 6.07) is 12.6. The number of rotatable bonds is 3. The van der Waals surface area contributed by atoms with E-state index in [2.05, 4.69) is 0 Å². The van der Waals surface area contributed by atoms with Gasteiger partial charge in [-0.1, -0.05) is 12.1 Å². The van der Waals surface area contributed by atoms with Crippen LogP contribution in [0.15, 0.2) is 42.5 Å². The fourth-order valence-corrected chi connectivity index (χ4v) is 1.71. The average molecular weight is 230 g/mol. The maximum atomic E-state index is 9.47. The summed E-state index contributed by atoms with van der Waals surface area (Å²) in [4.78, 5) is 0. The molecule has 2 aromatic carbocycles. The van der Waals surface area contributed by atoms with Gasteiger partial charge in [0.1, 0.15) is 17.2 Å². The highest BCUT2D eigenvalue weighted by atomic mass is 16.5. The first kappa shape index (κ1) is 11.3. The summed E-state index contributed by atoms with van der Waals surface area (Å²) < 4.78 is 10.5. The van der Waals surface area contributed by atoms with Crippen molar-refractivity contribution >= 4 is 0 Å². The highest BCUT2D eigenvalue weighted by Gasteiger charge is 2.07. The molecule has 0 atom stereocenters. The molecule has 0 aliphatic rings. The molecule has 0 aliphatic carbocycles. The van der Waals surface area contributed by atoms with E-state index in [0.29, 0.717) is 0 Å². The van der Waals surface area contributed by atoms with E-state index >= 15 is 0 Å². The highest BCUT2D eigenvalue weighted by molar-refractivity contribution is 5.72. The van der Waals surface area contributed by atoms with Crippen LogP contribution in [-0.4, -0.2) is 19.3 Å². The molecule has 0 saturated heterocycles. The van der Waals surface area contributed by atoms with Gasteiger partial charge in [-0.15, -0.1) is 0 Å². The van der Waals surface area contributed by atoms with Crippen LogP contribution in [0.2, 0.25) is 0 Å². The zero-order valence-electron chi connectivity index (χ0n) is 9.81. The number of aromatic hydroxyl groups is 1. The van der Waals surface area contributed by atoms with E-state index in [1.165, 1.54) is 0 Å². The molecule has 2 rings (SSSR count). The van der Waals surface area contributed by atoms with Crippen LogP contribution in [0.3, 0.4) is 0 Å². The van der Waals surface area contributed by atoms with Gasteiger partial charge in [-0.05, 0) is 29.8 Å². The van der Waals surface area contributed by atoms with Gasteiger partial charge in [0.15, 0.2) is 0 Å². The number of hydrogen-bond acceptors (Lipinski definition) is 3. The predicted molar refractivity (Wildman–Crippen MR) is 66.6 cm³/mol. The average Bonchev–Trinajstić information content (AvgIpc) is 2.38. The molecule has 0 heterocycles. The third-order valence-corrected chi connectivity index (χ3v) is 2.57. The summed E-state index contributed by atoms with van der Waals surface area (Å²) in [6.07, 6.45) is 0. The van der Waals surface area contributed by atoms with Crippen LogP contribution >= 0.6 is 0 Å².